The summed E-state index contributed by atoms with van der Waals surface area (Å²) in [5.41, 5.74) is 6.37. The van der Waals surface area contributed by atoms with E-state index in [2.05, 4.69) is 9.97 Å². The number of anilines is 1. The van der Waals surface area contributed by atoms with Crippen molar-refractivity contribution < 1.29 is 4.92 Å². The van der Waals surface area contributed by atoms with E-state index < -0.39 is 4.92 Å². The van der Waals surface area contributed by atoms with Crippen LogP contribution in [0.15, 0.2) is 0 Å². The predicted molar refractivity (Wildman–Crippen MR) is 61.3 cm³/mol. The lowest BCUT2D eigenvalue weighted by molar-refractivity contribution is -0.387. The van der Waals surface area contributed by atoms with Crippen molar-refractivity contribution in [2.24, 2.45) is 0 Å². The second-order valence-corrected chi connectivity index (χ2v) is 4.27. The maximum absolute atomic E-state index is 11.0. The molecule has 0 bridgehead atoms. The maximum atomic E-state index is 11.0. The molecule has 0 fully saturated rings. The lowest BCUT2D eigenvalue weighted by Gasteiger charge is -2.11. The number of nitro groups is 1. The summed E-state index contributed by atoms with van der Waals surface area (Å²) in [5.74, 6) is -0.00981. The van der Waals surface area contributed by atoms with Crippen LogP contribution < -0.4 is 5.73 Å². The summed E-state index contributed by atoms with van der Waals surface area (Å²) in [6.07, 6.45) is 0. The lowest BCUT2D eigenvalue weighted by atomic mass is 10.0. The van der Waals surface area contributed by atoms with E-state index >= 15 is 0 Å². The first-order chi connectivity index (χ1) is 7.34. The Balaban J connectivity index is 3.54. The molecule has 0 amide bonds. The minimum absolute atomic E-state index is 0.000741. The van der Waals surface area contributed by atoms with E-state index in [0.29, 0.717) is 11.4 Å². The van der Waals surface area contributed by atoms with Crippen molar-refractivity contribution >= 4 is 11.6 Å². The Kier molecular flexibility index (Phi) is 3.41. The quantitative estimate of drug-likeness (QED) is 0.627. The van der Waals surface area contributed by atoms with Gasteiger partial charge in [0.15, 0.2) is 0 Å². The van der Waals surface area contributed by atoms with Gasteiger partial charge in [0, 0.05) is 11.8 Å². The van der Waals surface area contributed by atoms with Crippen LogP contribution in [0.4, 0.5) is 11.6 Å². The first kappa shape index (κ1) is 12.4. The molecule has 6 nitrogen and oxygen atoms in total. The van der Waals surface area contributed by atoms with Crippen molar-refractivity contribution in [2.75, 3.05) is 5.73 Å². The zero-order valence-corrected chi connectivity index (χ0v) is 9.89. The van der Waals surface area contributed by atoms with Crippen LogP contribution in [0.25, 0.3) is 0 Å². The average Bonchev–Trinajstić information content (AvgIpc) is 2.15. The van der Waals surface area contributed by atoms with Crippen molar-refractivity contribution in [1.29, 1.82) is 0 Å². The SMILES string of the molecule is CC(C)c1nc(N)nc(C(C)C)c1[N+](=O)[O-]. The molecule has 0 unspecified atom stereocenters. The summed E-state index contributed by atoms with van der Waals surface area (Å²) in [6.45, 7) is 7.38. The molecule has 16 heavy (non-hydrogen) atoms. The number of nitrogens with zero attached hydrogens (tertiary/aromatic N) is 3. The molecule has 0 aliphatic rings. The highest BCUT2D eigenvalue weighted by atomic mass is 16.6. The Hall–Kier alpha value is -1.72. The molecule has 1 aromatic rings. The minimum atomic E-state index is -0.426. The molecular weight excluding hydrogens is 208 g/mol. The molecule has 0 aliphatic heterocycles. The number of aromatic nitrogens is 2. The topological polar surface area (TPSA) is 94.9 Å². The first-order valence-electron chi connectivity index (χ1n) is 5.16. The Bertz CT molecular complexity index is 386. The maximum Gasteiger partial charge on any atom is 0.312 e. The monoisotopic (exact) mass is 224 g/mol. The van der Waals surface area contributed by atoms with Gasteiger partial charge in [-0.2, -0.15) is 0 Å². The van der Waals surface area contributed by atoms with Crippen LogP contribution in [0.3, 0.4) is 0 Å². The Morgan fingerprint density at radius 1 is 1.12 bits per heavy atom. The molecule has 1 heterocycles. The van der Waals surface area contributed by atoms with Crippen LogP contribution in [-0.2, 0) is 0 Å². The molecule has 0 aromatic carbocycles. The van der Waals surface area contributed by atoms with Gasteiger partial charge in [0.05, 0.1) is 4.92 Å². The molecule has 6 heteroatoms. The van der Waals surface area contributed by atoms with Crippen LogP contribution in [-0.4, -0.2) is 14.9 Å². The van der Waals surface area contributed by atoms with Gasteiger partial charge in [0.2, 0.25) is 5.95 Å². The fourth-order valence-electron chi connectivity index (χ4n) is 1.50. The molecule has 88 valence electrons. The van der Waals surface area contributed by atoms with Gasteiger partial charge >= 0.3 is 5.69 Å². The van der Waals surface area contributed by atoms with Gasteiger partial charge in [0.1, 0.15) is 11.4 Å². The van der Waals surface area contributed by atoms with Crippen molar-refractivity contribution in [3.05, 3.63) is 21.5 Å². The standard InChI is InChI=1S/C10H16N4O2/c1-5(2)7-9(14(15)16)8(6(3)4)13-10(11)12-7/h5-6H,1-4H3,(H2,11,12,13). The molecule has 0 atom stereocenters. The fraction of sp³-hybridized carbons (Fsp3) is 0.600. The van der Waals surface area contributed by atoms with Crippen LogP contribution >= 0.6 is 0 Å². The minimum Gasteiger partial charge on any atom is -0.368 e. The van der Waals surface area contributed by atoms with Gasteiger partial charge in [-0.05, 0) is 0 Å². The van der Waals surface area contributed by atoms with E-state index in [1.165, 1.54) is 0 Å². The third-order valence-corrected chi connectivity index (χ3v) is 2.23. The highest BCUT2D eigenvalue weighted by Crippen LogP contribution is 2.31. The number of rotatable bonds is 3. The van der Waals surface area contributed by atoms with E-state index in [9.17, 15) is 10.1 Å². The van der Waals surface area contributed by atoms with E-state index in [4.69, 9.17) is 5.73 Å². The number of nitrogen functional groups attached to an aromatic ring is 1. The summed E-state index contributed by atoms with van der Waals surface area (Å²) in [5, 5.41) is 11.0. The third-order valence-electron chi connectivity index (χ3n) is 2.23. The first-order valence-corrected chi connectivity index (χ1v) is 5.16. The zero-order valence-electron chi connectivity index (χ0n) is 9.89. The average molecular weight is 224 g/mol. The number of nitrogens with two attached hydrogens (primary N) is 1. The molecular formula is C10H16N4O2. The molecule has 1 rings (SSSR count). The van der Waals surface area contributed by atoms with Crippen LogP contribution in [0.5, 0.6) is 0 Å². The van der Waals surface area contributed by atoms with E-state index in [1.807, 2.05) is 27.7 Å². The molecule has 2 N–H and O–H groups in total. The third kappa shape index (κ3) is 2.26. The summed E-state index contributed by atoms with van der Waals surface area (Å²) in [6, 6.07) is 0. The molecule has 1 aromatic heterocycles. The fourth-order valence-corrected chi connectivity index (χ4v) is 1.50. The van der Waals surface area contributed by atoms with Gasteiger partial charge in [-0.15, -0.1) is 0 Å². The summed E-state index contributed by atoms with van der Waals surface area (Å²) < 4.78 is 0. The molecule has 0 spiro atoms. The number of hydrogen-bond donors (Lipinski definition) is 1. The van der Waals surface area contributed by atoms with Gasteiger partial charge in [-0.1, -0.05) is 27.7 Å². The van der Waals surface area contributed by atoms with E-state index in [1.54, 1.807) is 0 Å². The largest absolute Gasteiger partial charge is 0.368 e. The van der Waals surface area contributed by atoms with Crippen LogP contribution in [0.2, 0.25) is 0 Å². The van der Waals surface area contributed by atoms with Gasteiger partial charge in [-0.25, -0.2) is 9.97 Å². The second kappa shape index (κ2) is 4.42. The van der Waals surface area contributed by atoms with Crippen molar-refractivity contribution in [2.45, 2.75) is 39.5 Å². The van der Waals surface area contributed by atoms with E-state index in [0.717, 1.165) is 0 Å². The van der Waals surface area contributed by atoms with Crippen LogP contribution in [0, 0.1) is 10.1 Å². The summed E-state index contributed by atoms with van der Waals surface area (Å²) >= 11 is 0. The normalized spacial score (nSPS) is 11.1. The summed E-state index contributed by atoms with van der Waals surface area (Å²) in [7, 11) is 0. The van der Waals surface area contributed by atoms with Crippen molar-refractivity contribution in [1.82, 2.24) is 9.97 Å². The van der Waals surface area contributed by atoms with Gasteiger partial charge < -0.3 is 5.73 Å². The molecule has 0 saturated heterocycles. The van der Waals surface area contributed by atoms with Crippen LogP contribution in [0.1, 0.15) is 50.9 Å². The lowest BCUT2D eigenvalue weighted by Crippen LogP contribution is -2.11. The smallest absolute Gasteiger partial charge is 0.312 e. The van der Waals surface area contributed by atoms with Gasteiger partial charge in [-0.3, -0.25) is 10.1 Å². The summed E-state index contributed by atoms with van der Waals surface area (Å²) in [4.78, 5) is 18.5. The van der Waals surface area contributed by atoms with Crippen molar-refractivity contribution in [3.8, 4) is 0 Å². The highest BCUT2D eigenvalue weighted by molar-refractivity contribution is 5.46. The van der Waals surface area contributed by atoms with E-state index in [-0.39, 0.29) is 23.5 Å². The molecule has 0 saturated carbocycles. The van der Waals surface area contributed by atoms with Gasteiger partial charge in [0.25, 0.3) is 0 Å². The predicted octanol–water partition coefficient (Wildman–Crippen LogP) is 2.21. The number of hydrogen-bond acceptors (Lipinski definition) is 5. The zero-order chi connectivity index (χ0) is 12.5. The Morgan fingerprint density at radius 3 is 1.75 bits per heavy atom. The Morgan fingerprint density at radius 2 is 1.50 bits per heavy atom. The molecule has 0 aliphatic carbocycles. The highest BCUT2D eigenvalue weighted by Gasteiger charge is 2.27. The van der Waals surface area contributed by atoms with Crippen molar-refractivity contribution in [3.63, 3.8) is 0 Å². The Labute approximate surface area is 94.1 Å². The molecule has 0 radical (unpaired) electrons. The second-order valence-electron chi connectivity index (χ2n) is 4.27.